The van der Waals surface area contributed by atoms with Crippen molar-refractivity contribution in [1.29, 1.82) is 0 Å². The van der Waals surface area contributed by atoms with Gasteiger partial charge in [-0.15, -0.1) is 0 Å². The van der Waals surface area contributed by atoms with E-state index in [2.05, 4.69) is 45.0 Å². The molecular weight excluding hydrogens is 276 g/mol. The van der Waals surface area contributed by atoms with E-state index in [-0.39, 0.29) is 12.6 Å². The molecule has 0 bridgehead atoms. The third-order valence-electron chi connectivity index (χ3n) is 4.71. The zero-order chi connectivity index (χ0) is 15.1. The van der Waals surface area contributed by atoms with E-state index in [4.69, 9.17) is 0 Å². The fourth-order valence-corrected chi connectivity index (χ4v) is 3.59. The number of nitrogens with zero attached hydrogens (tertiary/aromatic N) is 3. The summed E-state index contributed by atoms with van der Waals surface area (Å²) in [5.74, 6) is 0.916. The predicted octanol–water partition coefficient (Wildman–Crippen LogP) is 2.77. The lowest BCUT2D eigenvalue weighted by molar-refractivity contribution is 0.239. The van der Waals surface area contributed by atoms with E-state index in [1.54, 1.807) is 6.33 Å². The van der Waals surface area contributed by atoms with Gasteiger partial charge >= 0.3 is 0 Å². The number of fused-ring (bicyclic) bond motifs is 3. The monoisotopic (exact) mass is 296 g/mol. The van der Waals surface area contributed by atoms with E-state index < -0.39 is 0 Å². The summed E-state index contributed by atoms with van der Waals surface area (Å²) in [6.45, 7) is 3.21. The molecule has 1 aromatic carbocycles. The van der Waals surface area contributed by atoms with Crippen molar-refractivity contribution in [2.45, 2.75) is 32.2 Å². The van der Waals surface area contributed by atoms with Gasteiger partial charge in [0.15, 0.2) is 5.82 Å². The molecule has 0 aliphatic carbocycles. The number of aromatic amines is 1. The molecular formula is C17H20N4O. The van der Waals surface area contributed by atoms with Gasteiger partial charge < -0.3 is 15.0 Å². The number of anilines is 1. The Hall–Kier alpha value is -2.14. The van der Waals surface area contributed by atoms with Crippen molar-refractivity contribution >= 4 is 27.8 Å². The number of aryl methyl sites for hydroxylation is 1. The molecule has 5 nitrogen and oxygen atoms in total. The Balaban J connectivity index is 1.95. The molecule has 1 saturated heterocycles. The quantitative estimate of drug-likeness (QED) is 0.763. The Bertz CT molecular complexity index is 826. The largest absolute Gasteiger partial charge is 0.394 e. The van der Waals surface area contributed by atoms with Crippen LogP contribution in [-0.4, -0.2) is 39.3 Å². The second kappa shape index (κ2) is 5.25. The lowest BCUT2D eigenvalue weighted by Crippen LogP contribution is -2.42. The molecule has 0 saturated carbocycles. The smallest absolute Gasteiger partial charge is 0.156 e. The van der Waals surface area contributed by atoms with Gasteiger partial charge in [-0.25, -0.2) is 9.97 Å². The topological polar surface area (TPSA) is 65.0 Å². The Morgan fingerprint density at radius 1 is 1.32 bits per heavy atom. The van der Waals surface area contributed by atoms with Crippen LogP contribution in [0, 0.1) is 6.92 Å². The molecule has 1 fully saturated rings. The molecule has 4 rings (SSSR count). The minimum absolute atomic E-state index is 0.152. The van der Waals surface area contributed by atoms with Crippen LogP contribution in [0.1, 0.15) is 24.8 Å². The van der Waals surface area contributed by atoms with Crippen molar-refractivity contribution < 1.29 is 5.11 Å². The molecule has 0 spiro atoms. The average molecular weight is 296 g/mol. The zero-order valence-electron chi connectivity index (χ0n) is 12.7. The Kier molecular flexibility index (Phi) is 3.22. The normalized spacial score (nSPS) is 19.2. The Morgan fingerprint density at radius 2 is 2.23 bits per heavy atom. The molecule has 1 aliphatic rings. The number of nitrogens with one attached hydrogen (secondary N) is 1. The number of aliphatic hydroxyl groups is 1. The first kappa shape index (κ1) is 13.5. The third-order valence-corrected chi connectivity index (χ3v) is 4.71. The zero-order valence-corrected chi connectivity index (χ0v) is 12.7. The van der Waals surface area contributed by atoms with Crippen LogP contribution in [0.4, 0.5) is 5.82 Å². The summed E-state index contributed by atoms with van der Waals surface area (Å²) >= 11 is 0. The molecule has 1 aliphatic heterocycles. The van der Waals surface area contributed by atoms with E-state index in [1.165, 1.54) is 17.4 Å². The molecule has 1 atom stereocenters. The SMILES string of the molecule is Cc1cccc2[nH]c3c(N4CCCCC4CO)ncnc3c12. The first-order valence-corrected chi connectivity index (χ1v) is 7.89. The van der Waals surface area contributed by atoms with E-state index in [0.29, 0.717) is 0 Å². The van der Waals surface area contributed by atoms with Gasteiger partial charge in [-0.2, -0.15) is 0 Å². The molecule has 3 aromatic rings. The fraction of sp³-hybridized carbons (Fsp3) is 0.412. The minimum atomic E-state index is 0.152. The standard InChI is InChI=1S/C17H20N4O/c1-11-5-4-7-13-14(11)15-16(20-13)17(19-10-18-15)21-8-3-2-6-12(21)9-22/h4-5,7,10,12,20,22H,2-3,6,8-9H2,1H3. The van der Waals surface area contributed by atoms with Gasteiger partial charge in [0.2, 0.25) is 0 Å². The van der Waals surface area contributed by atoms with E-state index in [0.717, 1.165) is 41.8 Å². The van der Waals surface area contributed by atoms with Gasteiger partial charge in [0.05, 0.1) is 12.6 Å². The maximum atomic E-state index is 9.68. The van der Waals surface area contributed by atoms with Gasteiger partial charge in [0.25, 0.3) is 0 Å². The second-order valence-electron chi connectivity index (χ2n) is 6.07. The molecule has 2 N–H and O–H groups in total. The Labute approximate surface area is 129 Å². The summed E-state index contributed by atoms with van der Waals surface area (Å²) < 4.78 is 0. The van der Waals surface area contributed by atoms with Gasteiger partial charge in [-0.1, -0.05) is 12.1 Å². The van der Waals surface area contributed by atoms with Crippen LogP contribution >= 0.6 is 0 Å². The summed E-state index contributed by atoms with van der Waals surface area (Å²) in [5, 5.41) is 10.8. The van der Waals surface area contributed by atoms with Crippen molar-refractivity contribution in [2.24, 2.45) is 0 Å². The molecule has 5 heteroatoms. The summed E-state index contributed by atoms with van der Waals surface area (Å²) in [7, 11) is 0. The molecule has 22 heavy (non-hydrogen) atoms. The lowest BCUT2D eigenvalue weighted by atomic mass is 10.0. The fourth-order valence-electron chi connectivity index (χ4n) is 3.59. The maximum Gasteiger partial charge on any atom is 0.156 e. The van der Waals surface area contributed by atoms with Crippen LogP contribution < -0.4 is 4.90 Å². The highest BCUT2D eigenvalue weighted by Gasteiger charge is 2.25. The lowest BCUT2D eigenvalue weighted by Gasteiger charge is -2.35. The van der Waals surface area contributed by atoms with E-state index in [1.807, 2.05) is 0 Å². The summed E-state index contributed by atoms with van der Waals surface area (Å²) in [4.78, 5) is 14.7. The van der Waals surface area contributed by atoms with Crippen molar-refractivity contribution in [3.05, 3.63) is 30.1 Å². The number of benzene rings is 1. The number of hydrogen-bond donors (Lipinski definition) is 2. The van der Waals surface area contributed by atoms with Crippen molar-refractivity contribution in [1.82, 2.24) is 15.0 Å². The van der Waals surface area contributed by atoms with Gasteiger partial charge in [0.1, 0.15) is 17.4 Å². The first-order chi connectivity index (χ1) is 10.8. The highest BCUT2D eigenvalue weighted by Crippen LogP contribution is 2.33. The number of piperidine rings is 1. The van der Waals surface area contributed by atoms with Gasteiger partial charge in [-0.3, -0.25) is 0 Å². The van der Waals surface area contributed by atoms with E-state index >= 15 is 0 Å². The molecule has 1 unspecified atom stereocenters. The molecule has 2 aromatic heterocycles. The summed E-state index contributed by atoms with van der Waals surface area (Å²) in [5.41, 5.74) is 4.26. The predicted molar refractivity (Wildman–Crippen MR) is 88.2 cm³/mol. The molecule has 114 valence electrons. The van der Waals surface area contributed by atoms with Crippen molar-refractivity contribution in [3.8, 4) is 0 Å². The highest BCUT2D eigenvalue weighted by atomic mass is 16.3. The van der Waals surface area contributed by atoms with Crippen LogP contribution in [0.3, 0.4) is 0 Å². The number of H-pyrrole nitrogens is 1. The number of rotatable bonds is 2. The van der Waals surface area contributed by atoms with Crippen LogP contribution in [0.5, 0.6) is 0 Å². The molecule has 3 heterocycles. The molecule has 0 amide bonds. The molecule has 0 radical (unpaired) electrons. The Morgan fingerprint density at radius 3 is 3.09 bits per heavy atom. The van der Waals surface area contributed by atoms with Crippen LogP contribution in [0.2, 0.25) is 0 Å². The van der Waals surface area contributed by atoms with Crippen molar-refractivity contribution in [3.63, 3.8) is 0 Å². The highest BCUT2D eigenvalue weighted by molar-refractivity contribution is 6.09. The van der Waals surface area contributed by atoms with Gasteiger partial charge in [-0.05, 0) is 37.8 Å². The van der Waals surface area contributed by atoms with Crippen LogP contribution in [0.15, 0.2) is 24.5 Å². The van der Waals surface area contributed by atoms with Crippen LogP contribution in [-0.2, 0) is 0 Å². The van der Waals surface area contributed by atoms with E-state index in [9.17, 15) is 5.11 Å². The summed E-state index contributed by atoms with van der Waals surface area (Å²) in [6.07, 6.45) is 4.96. The number of aliphatic hydroxyl groups excluding tert-OH is 1. The number of hydrogen-bond acceptors (Lipinski definition) is 4. The van der Waals surface area contributed by atoms with Crippen LogP contribution in [0.25, 0.3) is 21.9 Å². The first-order valence-electron chi connectivity index (χ1n) is 7.89. The summed E-state index contributed by atoms with van der Waals surface area (Å²) in [6, 6.07) is 6.39. The van der Waals surface area contributed by atoms with Gasteiger partial charge in [0, 0.05) is 17.4 Å². The maximum absolute atomic E-state index is 9.68. The average Bonchev–Trinajstić information content (AvgIpc) is 2.94. The number of aromatic nitrogens is 3. The third kappa shape index (κ3) is 1.96. The second-order valence-corrected chi connectivity index (χ2v) is 6.07. The minimum Gasteiger partial charge on any atom is -0.394 e. The van der Waals surface area contributed by atoms with Crippen molar-refractivity contribution in [2.75, 3.05) is 18.1 Å².